The molecule has 0 saturated carbocycles. The molecule has 1 aromatic carbocycles. The molecular weight excluding hydrogens is 480 g/mol. The predicted molar refractivity (Wildman–Crippen MR) is 149 cm³/mol. The highest BCUT2D eigenvalue weighted by Gasteiger charge is 2.24. The van der Waals surface area contributed by atoms with E-state index in [1.165, 1.54) is 7.11 Å². The SMILES string of the molecule is COc1cc(C)[nH]c(=O)c1CNC(=O)c1c(C)n(C(C)c2ccnc(N3CCNCC3)c2)c2ccccc12. The van der Waals surface area contributed by atoms with Crippen LogP contribution in [0.4, 0.5) is 5.82 Å². The molecule has 9 nitrogen and oxygen atoms in total. The molecule has 1 fully saturated rings. The molecule has 0 radical (unpaired) electrons. The van der Waals surface area contributed by atoms with Gasteiger partial charge in [0, 0.05) is 54.7 Å². The molecule has 1 amide bonds. The van der Waals surface area contributed by atoms with Crippen molar-refractivity contribution < 1.29 is 9.53 Å². The van der Waals surface area contributed by atoms with Gasteiger partial charge in [-0.3, -0.25) is 9.59 Å². The van der Waals surface area contributed by atoms with Crippen molar-refractivity contribution in [3.05, 3.63) is 87.1 Å². The summed E-state index contributed by atoms with van der Waals surface area (Å²) < 4.78 is 7.60. The number of para-hydroxylation sites is 1. The van der Waals surface area contributed by atoms with Gasteiger partial charge in [-0.05, 0) is 50.6 Å². The maximum Gasteiger partial charge on any atom is 0.256 e. The van der Waals surface area contributed by atoms with E-state index in [9.17, 15) is 9.59 Å². The van der Waals surface area contributed by atoms with E-state index in [1.54, 1.807) is 13.0 Å². The summed E-state index contributed by atoms with van der Waals surface area (Å²) in [6.45, 7) is 9.72. The molecule has 4 aromatic rings. The van der Waals surface area contributed by atoms with Crippen LogP contribution < -0.4 is 25.8 Å². The second-order valence-electron chi connectivity index (χ2n) is 9.72. The first kappa shape index (κ1) is 25.5. The molecule has 9 heteroatoms. The van der Waals surface area contributed by atoms with Gasteiger partial charge < -0.3 is 29.8 Å². The van der Waals surface area contributed by atoms with E-state index in [2.05, 4.69) is 43.1 Å². The Morgan fingerprint density at radius 2 is 1.92 bits per heavy atom. The quantitative estimate of drug-likeness (QED) is 0.350. The third-order valence-corrected chi connectivity index (χ3v) is 7.34. The Bertz CT molecular complexity index is 1530. The summed E-state index contributed by atoms with van der Waals surface area (Å²) in [6.07, 6.45) is 1.87. The summed E-state index contributed by atoms with van der Waals surface area (Å²) >= 11 is 0. The Labute approximate surface area is 221 Å². The molecule has 1 aliphatic rings. The second-order valence-corrected chi connectivity index (χ2v) is 9.72. The van der Waals surface area contributed by atoms with Crippen molar-refractivity contribution in [2.45, 2.75) is 33.4 Å². The zero-order valence-corrected chi connectivity index (χ0v) is 22.3. The van der Waals surface area contributed by atoms with E-state index in [1.807, 2.05) is 43.5 Å². The minimum Gasteiger partial charge on any atom is -0.496 e. The number of carbonyl (C=O) groups is 1. The summed E-state index contributed by atoms with van der Waals surface area (Å²) in [4.78, 5) is 35.8. The maximum atomic E-state index is 13.6. The number of aromatic nitrogens is 3. The number of aromatic amines is 1. The van der Waals surface area contributed by atoms with Gasteiger partial charge in [-0.15, -0.1) is 0 Å². The Kier molecular flexibility index (Phi) is 7.20. The third kappa shape index (κ3) is 4.77. The van der Waals surface area contributed by atoms with Crippen LogP contribution in [-0.4, -0.2) is 53.7 Å². The number of H-pyrrole nitrogens is 1. The maximum absolute atomic E-state index is 13.6. The smallest absolute Gasteiger partial charge is 0.256 e. The van der Waals surface area contributed by atoms with Gasteiger partial charge in [-0.25, -0.2) is 4.98 Å². The van der Waals surface area contributed by atoms with E-state index >= 15 is 0 Å². The summed E-state index contributed by atoms with van der Waals surface area (Å²) in [5.74, 6) is 1.19. The third-order valence-electron chi connectivity index (χ3n) is 7.34. The average Bonchev–Trinajstić information content (AvgIpc) is 3.23. The van der Waals surface area contributed by atoms with Gasteiger partial charge in [0.2, 0.25) is 0 Å². The molecular formula is C29H34N6O3. The monoisotopic (exact) mass is 514 g/mol. The number of fused-ring (bicyclic) bond motifs is 1. The minimum absolute atomic E-state index is 0.0221. The van der Waals surface area contributed by atoms with E-state index in [-0.39, 0.29) is 24.1 Å². The molecule has 4 heterocycles. The molecule has 198 valence electrons. The number of benzene rings is 1. The van der Waals surface area contributed by atoms with Gasteiger partial charge in [0.05, 0.1) is 30.8 Å². The summed E-state index contributed by atoms with van der Waals surface area (Å²) in [5, 5.41) is 7.21. The molecule has 1 saturated heterocycles. The number of piperazine rings is 1. The van der Waals surface area contributed by atoms with Crippen LogP contribution in [0.1, 0.15) is 45.8 Å². The molecule has 0 aliphatic carbocycles. The van der Waals surface area contributed by atoms with Crippen molar-refractivity contribution in [1.29, 1.82) is 0 Å². The molecule has 38 heavy (non-hydrogen) atoms. The van der Waals surface area contributed by atoms with Crippen LogP contribution in [0.5, 0.6) is 5.75 Å². The number of rotatable bonds is 7. The molecule has 3 aromatic heterocycles. The number of anilines is 1. The topological polar surface area (TPSA) is 104 Å². The number of ether oxygens (including phenoxy) is 1. The van der Waals surface area contributed by atoms with Crippen LogP contribution in [0.25, 0.3) is 10.9 Å². The van der Waals surface area contributed by atoms with Crippen LogP contribution in [-0.2, 0) is 6.54 Å². The molecule has 3 N–H and O–H groups in total. The number of methoxy groups -OCH3 is 1. The number of carbonyl (C=O) groups excluding carboxylic acids is 1. The van der Waals surface area contributed by atoms with Gasteiger partial charge in [-0.2, -0.15) is 0 Å². The zero-order chi connectivity index (χ0) is 26.8. The highest BCUT2D eigenvalue weighted by atomic mass is 16.5. The van der Waals surface area contributed by atoms with Gasteiger partial charge in [-0.1, -0.05) is 18.2 Å². The molecule has 5 rings (SSSR count). The van der Waals surface area contributed by atoms with Crippen molar-refractivity contribution in [3.63, 3.8) is 0 Å². The lowest BCUT2D eigenvalue weighted by molar-refractivity contribution is 0.0951. The van der Waals surface area contributed by atoms with Crippen LogP contribution in [0.15, 0.2) is 53.5 Å². The van der Waals surface area contributed by atoms with Gasteiger partial charge in [0.1, 0.15) is 11.6 Å². The number of hydrogen-bond donors (Lipinski definition) is 3. The lowest BCUT2D eigenvalue weighted by atomic mass is 10.1. The Balaban J connectivity index is 1.48. The fourth-order valence-corrected chi connectivity index (χ4v) is 5.38. The highest BCUT2D eigenvalue weighted by Crippen LogP contribution is 2.32. The summed E-state index contributed by atoms with van der Waals surface area (Å²) in [6, 6.07) is 13.9. The number of hydrogen-bond acceptors (Lipinski definition) is 6. The van der Waals surface area contributed by atoms with Crippen LogP contribution in [0.3, 0.4) is 0 Å². The van der Waals surface area contributed by atoms with Crippen LogP contribution in [0, 0.1) is 13.8 Å². The van der Waals surface area contributed by atoms with Gasteiger partial charge >= 0.3 is 0 Å². The highest BCUT2D eigenvalue weighted by molar-refractivity contribution is 6.08. The van der Waals surface area contributed by atoms with Crippen molar-refractivity contribution in [1.82, 2.24) is 25.2 Å². The lowest BCUT2D eigenvalue weighted by Crippen LogP contribution is -2.43. The van der Waals surface area contributed by atoms with Crippen molar-refractivity contribution >= 4 is 22.6 Å². The molecule has 0 spiro atoms. The predicted octanol–water partition coefficient (Wildman–Crippen LogP) is 3.30. The van der Waals surface area contributed by atoms with Crippen LogP contribution in [0.2, 0.25) is 0 Å². The van der Waals surface area contributed by atoms with E-state index in [0.29, 0.717) is 22.6 Å². The Hall–Kier alpha value is -4.11. The van der Waals surface area contributed by atoms with Crippen LogP contribution >= 0.6 is 0 Å². The average molecular weight is 515 g/mol. The molecule has 1 unspecified atom stereocenters. The Morgan fingerprint density at radius 3 is 2.68 bits per heavy atom. The normalized spacial score (nSPS) is 14.5. The van der Waals surface area contributed by atoms with E-state index in [0.717, 1.165) is 54.2 Å². The summed E-state index contributed by atoms with van der Waals surface area (Å²) in [7, 11) is 1.52. The lowest BCUT2D eigenvalue weighted by Gasteiger charge is -2.29. The van der Waals surface area contributed by atoms with Crippen molar-refractivity contribution in [2.24, 2.45) is 0 Å². The fourth-order valence-electron chi connectivity index (χ4n) is 5.38. The minimum atomic E-state index is -0.270. The second kappa shape index (κ2) is 10.7. The van der Waals surface area contributed by atoms with E-state index in [4.69, 9.17) is 4.74 Å². The largest absolute Gasteiger partial charge is 0.496 e. The number of amides is 1. The number of nitrogens with zero attached hydrogens (tertiary/aromatic N) is 3. The first-order valence-electron chi connectivity index (χ1n) is 12.9. The Morgan fingerprint density at radius 1 is 1.16 bits per heavy atom. The first-order valence-corrected chi connectivity index (χ1v) is 12.9. The number of nitrogens with one attached hydrogen (secondary N) is 3. The fraction of sp³-hybridized carbons (Fsp3) is 0.345. The van der Waals surface area contributed by atoms with Crippen molar-refractivity contribution in [2.75, 3.05) is 38.2 Å². The zero-order valence-electron chi connectivity index (χ0n) is 22.3. The van der Waals surface area contributed by atoms with Crippen molar-refractivity contribution in [3.8, 4) is 5.75 Å². The standard InChI is InChI=1S/C29H34N6O3/c1-18-15-25(38-4)23(28(36)33-18)17-32-29(37)27-20(3)35(24-8-6-5-7-22(24)27)19(2)21-9-10-31-26(16-21)34-13-11-30-12-14-34/h5-10,15-16,19,30H,11-14,17H2,1-4H3,(H,32,37)(H,33,36). The van der Waals surface area contributed by atoms with Gasteiger partial charge in [0.25, 0.3) is 11.5 Å². The van der Waals surface area contributed by atoms with E-state index < -0.39 is 0 Å². The summed E-state index contributed by atoms with van der Waals surface area (Å²) in [5.41, 5.74) is 4.39. The molecule has 1 atom stereocenters. The number of aryl methyl sites for hydroxylation is 1. The first-order chi connectivity index (χ1) is 18.4. The number of pyridine rings is 2. The molecule has 0 bridgehead atoms. The van der Waals surface area contributed by atoms with Gasteiger partial charge in [0.15, 0.2) is 0 Å². The molecule has 1 aliphatic heterocycles.